The highest BCUT2D eigenvalue weighted by Gasteiger charge is 2.31. The van der Waals surface area contributed by atoms with Crippen LogP contribution in [-0.4, -0.2) is 29.1 Å². The Hall–Kier alpha value is -2.04. The minimum Gasteiger partial charge on any atom is -0.480 e. The minimum atomic E-state index is -1.03. The number of carboxylic acid groups (broad SMARTS) is 1. The van der Waals surface area contributed by atoms with Crippen LogP contribution < -0.4 is 10.1 Å². The van der Waals surface area contributed by atoms with E-state index in [9.17, 15) is 9.59 Å². The molecule has 2 N–H and O–H groups in total. The zero-order valence-corrected chi connectivity index (χ0v) is 10.1. The molecule has 1 aliphatic heterocycles. The third-order valence-corrected chi connectivity index (χ3v) is 2.96. The number of para-hydroxylation sites is 1. The fourth-order valence-corrected chi connectivity index (χ4v) is 1.93. The van der Waals surface area contributed by atoms with Crippen molar-refractivity contribution in [1.82, 2.24) is 5.32 Å². The van der Waals surface area contributed by atoms with Crippen molar-refractivity contribution in [1.29, 1.82) is 0 Å². The van der Waals surface area contributed by atoms with E-state index in [1.807, 2.05) is 18.2 Å². The number of rotatable bonds is 4. The van der Waals surface area contributed by atoms with E-state index in [2.05, 4.69) is 5.32 Å². The van der Waals surface area contributed by atoms with E-state index in [0.29, 0.717) is 18.6 Å². The highest BCUT2D eigenvalue weighted by Crippen LogP contribution is 2.28. The molecule has 18 heavy (non-hydrogen) atoms. The molecule has 0 saturated heterocycles. The second-order valence-corrected chi connectivity index (χ2v) is 4.23. The Kier molecular flexibility index (Phi) is 3.50. The largest absolute Gasteiger partial charge is 0.480 e. The summed E-state index contributed by atoms with van der Waals surface area (Å²) in [6.45, 7) is 1.71. The van der Waals surface area contributed by atoms with Crippen molar-refractivity contribution in [2.24, 2.45) is 0 Å². The van der Waals surface area contributed by atoms with Crippen molar-refractivity contribution in [2.75, 3.05) is 0 Å². The van der Waals surface area contributed by atoms with Gasteiger partial charge in [0.05, 0.1) is 0 Å². The second kappa shape index (κ2) is 5.08. The fourth-order valence-electron chi connectivity index (χ4n) is 1.93. The molecule has 0 spiro atoms. The van der Waals surface area contributed by atoms with Crippen molar-refractivity contribution in [2.45, 2.75) is 31.9 Å². The molecular weight excluding hydrogens is 234 g/mol. The second-order valence-electron chi connectivity index (χ2n) is 4.23. The molecule has 5 nitrogen and oxygen atoms in total. The number of ether oxygens (including phenoxy) is 1. The molecule has 0 fully saturated rings. The van der Waals surface area contributed by atoms with Crippen LogP contribution in [0.3, 0.4) is 0 Å². The molecule has 0 bridgehead atoms. The Balaban J connectivity index is 1.99. The van der Waals surface area contributed by atoms with Gasteiger partial charge in [-0.1, -0.05) is 25.1 Å². The number of amides is 1. The molecular formula is C13H15NO4. The summed E-state index contributed by atoms with van der Waals surface area (Å²) in [7, 11) is 0. The quantitative estimate of drug-likeness (QED) is 0.833. The maximum Gasteiger partial charge on any atom is 0.326 e. The van der Waals surface area contributed by atoms with Crippen molar-refractivity contribution in [3.8, 4) is 5.75 Å². The lowest BCUT2D eigenvalue weighted by atomic mass is 10.1. The lowest BCUT2D eigenvalue weighted by Gasteiger charge is -2.15. The number of nitrogens with one attached hydrogen (secondary N) is 1. The SMILES string of the molecule is CCC(NC(=O)C1Cc2ccccc2O1)C(=O)O. The highest BCUT2D eigenvalue weighted by molar-refractivity contribution is 5.87. The Bertz CT molecular complexity index is 447. The number of carbonyl (C=O) groups excluding carboxylic acids is 1. The van der Waals surface area contributed by atoms with Gasteiger partial charge in [-0.3, -0.25) is 4.79 Å². The maximum atomic E-state index is 11.9. The zero-order chi connectivity index (χ0) is 13.1. The molecule has 0 aromatic heterocycles. The molecule has 0 saturated carbocycles. The average Bonchev–Trinajstić information content (AvgIpc) is 2.79. The van der Waals surface area contributed by atoms with Crippen LogP contribution in [0.25, 0.3) is 0 Å². The monoisotopic (exact) mass is 249 g/mol. The molecule has 5 heteroatoms. The Morgan fingerprint density at radius 3 is 2.83 bits per heavy atom. The third-order valence-electron chi connectivity index (χ3n) is 2.96. The van der Waals surface area contributed by atoms with Gasteiger partial charge in [0.25, 0.3) is 5.91 Å². The number of hydrogen-bond donors (Lipinski definition) is 2. The van der Waals surface area contributed by atoms with E-state index in [4.69, 9.17) is 9.84 Å². The molecule has 1 aliphatic rings. The van der Waals surface area contributed by atoms with E-state index >= 15 is 0 Å². The van der Waals surface area contributed by atoms with Gasteiger partial charge < -0.3 is 15.2 Å². The van der Waals surface area contributed by atoms with Gasteiger partial charge in [0.2, 0.25) is 0 Å². The van der Waals surface area contributed by atoms with Crippen LogP contribution in [0.4, 0.5) is 0 Å². The topological polar surface area (TPSA) is 75.6 Å². The lowest BCUT2D eigenvalue weighted by Crippen LogP contribution is -2.46. The van der Waals surface area contributed by atoms with Crippen LogP contribution >= 0.6 is 0 Å². The van der Waals surface area contributed by atoms with Crippen molar-refractivity contribution >= 4 is 11.9 Å². The van der Waals surface area contributed by atoms with E-state index in [-0.39, 0.29) is 5.91 Å². The molecule has 1 aromatic carbocycles. The Labute approximate surface area is 105 Å². The number of aliphatic carboxylic acids is 1. The summed E-state index contributed by atoms with van der Waals surface area (Å²) in [6, 6.07) is 6.57. The normalized spacial score (nSPS) is 18.6. The summed E-state index contributed by atoms with van der Waals surface area (Å²) in [5.74, 6) is -0.706. The van der Waals surface area contributed by atoms with Crippen LogP contribution in [0.15, 0.2) is 24.3 Å². The van der Waals surface area contributed by atoms with Crippen molar-refractivity contribution in [3.63, 3.8) is 0 Å². The zero-order valence-electron chi connectivity index (χ0n) is 10.1. The third kappa shape index (κ3) is 2.45. The Morgan fingerprint density at radius 2 is 2.22 bits per heavy atom. The van der Waals surface area contributed by atoms with Crippen molar-refractivity contribution in [3.05, 3.63) is 29.8 Å². The summed E-state index contributed by atoms with van der Waals surface area (Å²) >= 11 is 0. The first-order chi connectivity index (χ1) is 8.61. The summed E-state index contributed by atoms with van der Waals surface area (Å²) < 4.78 is 5.49. The standard InChI is InChI=1S/C13H15NO4/c1-2-9(13(16)17)14-12(15)11-7-8-5-3-4-6-10(8)18-11/h3-6,9,11H,2,7H2,1H3,(H,14,15)(H,16,17). The van der Waals surface area contributed by atoms with Crippen molar-refractivity contribution < 1.29 is 19.4 Å². The molecule has 1 amide bonds. The first kappa shape index (κ1) is 12.4. The number of carboxylic acids is 1. The van der Waals surface area contributed by atoms with Gasteiger partial charge in [0.15, 0.2) is 6.10 Å². The van der Waals surface area contributed by atoms with Crippen LogP contribution in [0, 0.1) is 0 Å². The van der Waals surface area contributed by atoms with Crippen LogP contribution in [-0.2, 0) is 16.0 Å². The minimum absolute atomic E-state index is 0.348. The van der Waals surface area contributed by atoms with E-state index in [1.165, 1.54) is 0 Å². The molecule has 1 heterocycles. The van der Waals surface area contributed by atoms with Gasteiger partial charge >= 0.3 is 5.97 Å². The maximum absolute atomic E-state index is 11.9. The van der Waals surface area contributed by atoms with Gasteiger partial charge in [-0.25, -0.2) is 4.79 Å². The highest BCUT2D eigenvalue weighted by atomic mass is 16.5. The predicted molar refractivity (Wildman–Crippen MR) is 64.4 cm³/mol. The van der Waals surface area contributed by atoms with E-state index < -0.39 is 18.1 Å². The molecule has 2 rings (SSSR count). The lowest BCUT2D eigenvalue weighted by molar-refractivity contribution is -0.143. The van der Waals surface area contributed by atoms with Crippen LogP contribution in [0.5, 0.6) is 5.75 Å². The first-order valence-corrected chi connectivity index (χ1v) is 5.89. The number of fused-ring (bicyclic) bond motifs is 1. The molecule has 2 unspecified atom stereocenters. The summed E-state index contributed by atoms with van der Waals surface area (Å²) in [4.78, 5) is 22.7. The summed E-state index contributed by atoms with van der Waals surface area (Å²) in [5.41, 5.74) is 0.973. The van der Waals surface area contributed by atoms with Crippen LogP contribution in [0.1, 0.15) is 18.9 Å². The molecule has 2 atom stereocenters. The number of benzene rings is 1. The number of hydrogen-bond acceptors (Lipinski definition) is 3. The average molecular weight is 249 g/mol. The van der Waals surface area contributed by atoms with Gasteiger partial charge in [-0.2, -0.15) is 0 Å². The summed E-state index contributed by atoms with van der Waals surface area (Å²) in [6.07, 6.45) is 0.203. The smallest absolute Gasteiger partial charge is 0.326 e. The van der Waals surface area contributed by atoms with Gasteiger partial charge in [0.1, 0.15) is 11.8 Å². The first-order valence-electron chi connectivity index (χ1n) is 5.89. The predicted octanol–water partition coefficient (Wildman–Crippen LogP) is 0.969. The van der Waals surface area contributed by atoms with Crippen LogP contribution in [0.2, 0.25) is 0 Å². The van der Waals surface area contributed by atoms with Gasteiger partial charge in [0, 0.05) is 6.42 Å². The number of carbonyl (C=O) groups is 2. The molecule has 0 radical (unpaired) electrons. The molecule has 1 aromatic rings. The van der Waals surface area contributed by atoms with Gasteiger partial charge in [-0.05, 0) is 18.1 Å². The molecule has 0 aliphatic carbocycles. The summed E-state index contributed by atoms with van der Waals surface area (Å²) in [5, 5.41) is 11.4. The Morgan fingerprint density at radius 1 is 1.50 bits per heavy atom. The fraction of sp³-hybridized carbons (Fsp3) is 0.385. The van der Waals surface area contributed by atoms with Gasteiger partial charge in [-0.15, -0.1) is 0 Å². The molecule has 96 valence electrons. The van der Waals surface area contributed by atoms with E-state index in [0.717, 1.165) is 5.56 Å². The van der Waals surface area contributed by atoms with E-state index in [1.54, 1.807) is 13.0 Å².